The van der Waals surface area contributed by atoms with Gasteiger partial charge in [0.15, 0.2) is 0 Å². The lowest BCUT2D eigenvalue weighted by Gasteiger charge is -2.15. The third-order valence-electron chi connectivity index (χ3n) is 4.02. The van der Waals surface area contributed by atoms with Crippen LogP contribution in [0.3, 0.4) is 0 Å². The maximum absolute atomic E-state index is 12.4. The van der Waals surface area contributed by atoms with E-state index < -0.39 is 0 Å². The zero-order chi connectivity index (χ0) is 17.9. The number of anilines is 1. The number of hydrogen-bond donors (Lipinski definition) is 1. The fraction of sp³-hybridized carbons (Fsp3) is 0.316. The molecular formula is C19H21N3OS. The molecule has 124 valence electrons. The van der Waals surface area contributed by atoms with Crippen molar-refractivity contribution >= 4 is 23.4 Å². The minimum atomic E-state index is -0.355. The van der Waals surface area contributed by atoms with Gasteiger partial charge in [0.05, 0.1) is 10.8 Å². The number of nitriles is 1. The molecule has 0 unspecified atom stereocenters. The smallest absolute Gasteiger partial charge is 0.237 e. The number of aromatic nitrogens is 1. The molecule has 0 aliphatic carbocycles. The fourth-order valence-electron chi connectivity index (χ4n) is 2.32. The van der Waals surface area contributed by atoms with E-state index in [1.807, 2.05) is 58.9 Å². The first kappa shape index (κ1) is 18.0. The molecule has 1 heterocycles. The predicted molar refractivity (Wildman–Crippen MR) is 98.3 cm³/mol. The molecule has 0 radical (unpaired) electrons. The van der Waals surface area contributed by atoms with Crippen molar-refractivity contribution in [3.63, 3.8) is 0 Å². The molecule has 24 heavy (non-hydrogen) atoms. The molecule has 0 aliphatic rings. The number of nitrogens with zero attached hydrogens (tertiary/aromatic N) is 2. The van der Waals surface area contributed by atoms with Crippen LogP contribution in [-0.2, 0) is 4.79 Å². The number of amides is 1. The van der Waals surface area contributed by atoms with Crippen LogP contribution in [0.1, 0.15) is 34.9 Å². The van der Waals surface area contributed by atoms with Gasteiger partial charge in [0, 0.05) is 11.4 Å². The lowest BCUT2D eigenvalue weighted by atomic mass is 10.1. The van der Waals surface area contributed by atoms with E-state index in [-0.39, 0.29) is 11.2 Å². The van der Waals surface area contributed by atoms with Gasteiger partial charge < -0.3 is 5.32 Å². The third kappa shape index (κ3) is 3.95. The number of carbonyl (C=O) groups excluding carboxylic acids is 1. The second kappa shape index (κ2) is 7.50. The zero-order valence-electron chi connectivity index (χ0n) is 14.6. The molecule has 4 nitrogen and oxygen atoms in total. The van der Waals surface area contributed by atoms with Crippen LogP contribution in [-0.4, -0.2) is 16.1 Å². The van der Waals surface area contributed by atoms with Gasteiger partial charge in [-0.15, -0.1) is 0 Å². The molecule has 1 aromatic carbocycles. The van der Waals surface area contributed by atoms with Crippen molar-refractivity contribution in [2.24, 2.45) is 0 Å². The molecule has 0 bridgehead atoms. The second-order valence-electron chi connectivity index (χ2n) is 5.86. The normalized spacial score (nSPS) is 11.7. The summed E-state index contributed by atoms with van der Waals surface area (Å²) in [5.41, 5.74) is 5.26. The summed E-state index contributed by atoms with van der Waals surface area (Å²) in [7, 11) is 0. The molecule has 0 fully saturated rings. The summed E-state index contributed by atoms with van der Waals surface area (Å²) < 4.78 is 0. The van der Waals surface area contributed by atoms with E-state index in [2.05, 4.69) is 16.4 Å². The van der Waals surface area contributed by atoms with Crippen LogP contribution >= 0.6 is 11.8 Å². The summed E-state index contributed by atoms with van der Waals surface area (Å²) in [5.74, 6) is -0.104. The van der Waals surface area contributed by atoms with E-state index in [0.717, 1.165) is 28.1 Å². The second-order valence-corrected chi connectivity index (χ2v) is 7.19. The number of carbonyl (C=O) groups is 1. The van der Waals surface area contributed by atoms with Crippen LogP contribution in [0.25, 0.3) is 0 Å². The molecular weight excluding hydrogens is 318 g/mol. The molecule has 0 spiro atoms. The maximum atomic E-state index is 12.4. The van der Waals surface area contributed by atoms with Crippen molar-refractivity contribution in [3.05, 3.63) is 52.2 Å². The van der Waals surface area contributed by atoms with Gasteiger partial charge in [0.1, 0.15) is 11.1 Å². The molecule has 0 aliphatic heterocycles. The van der Waals surface area contributed by atoms with Gasteiger partial charge in [-0.3, -0.25) is 4.79 Å². The lowest BCUT2D eigenvalue weighted by Crippen LogP contribution is -2.22. The van der Waals surface area contributed by atoms with Gasteiger partial charge in [0.2, 0.25) is 5.91 Å². The Morgan fingerprint density at radius 1 is 1.25 bits per heavy atom. The molecule has 0 saturated carbocycles. The van der Waals surface area contributed by atoms with Crippen molar-refractivity contribution in [3.8, 4) is 6.07 Å². The summed E-state index contributed by atoms with van der Waals surface area (Å²) in [6.45, 7) is 9.61. The number of rotatable bonds is 4. The van der Waals surface area contributed by atoms with E-state index in [1.54, 1.807) is 0 Å². The standard InChI is InChI=1S/C19H21N3OS/c1-11-7-6-8-16(9-11)22-18(23)15(5)24-19-17(10-20)13(3)12(2)14(4)21-19/h6-9,15H,1-5H3,(H,22,23)/t15-/m1/s1. The van der Waals surface area contributed by atoms with Crippen LogP contribution in [0.4, 0.5) is 5.69 Å². The summed E-state index contributed by atoms with van der Waals surface area (Å²) in [6.07, 6.45) is 0. The monoisotopic (exact) mass is 339 g/mol. The van der Waals surface area contributed by atoms with E-state index in [4.69, 9.17) is 0 Å². The first-order chi connectivity index (χ1) is 11.3. The van der Waals surface area contributed by atoms with E-state index in [1.165, 1.54) is 11.8 Å². The number of aryl methyl sites for hydroxylation is 2. The number of nitrogens with one attached hydrogen (secondary N) is 1. The number of thioether (sulfide) groups is 1. The minimum Gasteiger partial charge on any atom is -0.325 e. The molecule has 0 saturated heterocycles. The Morgan fingerprint density at radius 2 is 1.96 bits per heavy atom. The van der Waals surface area contributed by atoms with Gasteiger partial charge in [-0.25, -0.2) is 4.98 Å². The highest BCUT2D eigenvalue weighted by atomic mass is 32.2. The molecule has 1 N–H and O–H groups in total. The lowest BCUT2D eigenvalue weighted by molar-refractivity contribution is -0.115. The Balaban J connectivity index is 2.19. The van der Waals surface area contributed by atoms with Crippen LogP contribution in [0.5, 0.6) is 0 Å². The van der Waals surface area contributed by atoms with Crippen molar-refractivity contribution in [1.29, 1.82) is 5.26 Å². The SMILES string of the molecule is Cc1cccc(NC(=O)[C@@H](C)Sc2nc(C)c(C)c(C)c2C#N)c1. The zero-order valence-corrected chi connectivity index (χ0v) is 15.4. The van der Waals surface area contributed by atoms with Crippen molar-refractivity contribution < 1.29 is 4.79 Å². The Labute approximate surface area is 147 Å². The largest absolute Gasteiger partial charge is 0.325 e. The van der Waals surface area contributed by atoms with Gasteiger partial charge in [-0.1, -0.05) is 23.9 Å². The first-order valence-electron chi connectivity index (χ1n) is 7.75. The quantitative estimate of drug-likeness (QED) is 0.843. The first-order valence-corrected chi connectivity index (χ1v) is 8.63. The number of benzene rings is 1. The average molecular weight is 339 g/mol. The van der Waals surface area contributed by atoms with Gasteiger partial charge >= 0.3 is 0 Å². The minimum absolute atomic E-state index is 0.104. The highest BCUT2D eigenvalue weighted by Gasteiger charge is 2.20. The van der Waals surface area contributed by atoms with E-state index in [9.17, 15) is 10.1 Å². The van der Waals surface area contributed by atoms with Gasteiger partial charge in [0.25, 0.3) is 0 Å². The van der Waals surface area contributed by atoms with Crippen LogP contribution < -0.4 is 5.32 Å². The van der Waals surface area contributed by atoms with Crippen LogP contribution in [0, 0.1) is 39.0 Å². The molecule has 1 aromatic heterocycles. The Kier molecular flexibility index (Phi) is 5.63. The highest BCUT2D eigenvalue weighted by molar-refractivity contribution is 8.00. The van der Waals surface area contributed by atoms with E-state index in [0.29, 0.717) is 10.6 Å². The van der Waals surface area contributed by atoms with Crippen molar-refractivity contribution in [2.75, 3.05) is 5.32 Å². The molecule has 1 amide bonds. The summed E-state index contributed by atoms with van der Waals surface area (Å²) in [5, 5.41) is 12.6. The molecule has 2 rings (SSSR count). The van der Waals surface area contributed by atoms with Gasteiger partial charge in [-0.05, 0) is 63.4 Å². The molecule has 1 atom stereocenters. The number of hydrogen-bond acceptors (Lipinski definition) is 4. The number of pyridine rings is 1. The Morgan fingerprint density at radius 3 is 2.58 bits per heavy atom. The molecule has 2 aromatic rings. The highest BCUT2D eigenvalue weighted by Crippen LogP contribution is 2.29. The summed E-state index contributed by atoms with van der Waals surface area (Å²) >= 11 is 1.32. The summed E-state index contributed by atoms with van der Waals surface area (Å²) in [4.78, 5) is 16.9. The van der Waals surface area contributed by atoms with Crippen molar-refractivity contribution in [2.45, 2.75) is 44.9 Å². The van der Waals surface area contributed by atoms with Crippen LogP contribution in [0.15, 0.2) is 29.3 Å². The van der Waals surface area contributed by atoms with Crippen LogP contribution in [0.2, 0.25) is 0 Å². The third-order valence-corrected chi connectivity index (χ3v) is 5.10. The Hall–Kier alpha value is -2.32. The van der Waals surface area contributed by atoms with E-state index >= 15 is 0 Å². The maximum Gasteiger partial charge on any atom is 0.237 e. The Bertz CT molecular complexity index is 824. The fourth-order valence-corrected chi connectivity index (χ4v) is 3.32. The average Bonchev–Trinajstić information content (AvgIpc) is 2.53. The topological polar surface area (TPSA) is 65.8 Å². The van der Waals surface area contributed by atoms with Gasteiger partial charge in [-0.2, -0.15) is 5.26 Å². The van der Waals surface area contributed by atoms with Crippen molar-refractivity contribution in [1.82, 2.24) is 4.98 Å². The summed E-state index contributed by atoms with van der Waals surface area (Å²) in [6, 6.07) is 9.89. The predicted octanol–water partition coefficient (Wildman–Crippen LogP) is 4.31. The molecule has 5 heteroatoms.